The van der Waals surface area contributed by atoms with E-state index in [-0.39, 0.29) is 17.9 Å². The lowest BCUT2D eigenvalue weighted by molar-refractivity contribution is -0.114. The number of hydrogen-bond acceptors (Lipinski definition) is 6. The monoisotopic (exact) mass is 397 g/mol. The Morgan fingerprint density at radius 2 is 2.09 bits per heavy atom. The third-order valence-corrected chi connectivity index (χ3v) is 5.26. The molecule has 2 heterocycles. The highest BCUT2D eigenvalue weighted by Gasteiger charge is 2.12. The standard InChI is InChI=1S/C15H20BrN5OS/c1-4-11(5-6-13-12(16)7-8-23-13)20-15-18-9(2)17-14(21-15)19-10(3)22/h7-8,11H,4-6H2,1-3H3,(H2,17,18,19,20,21,22). The van der Waals surface area contributed by atoms with Crippen LogP contribution in [-0.2, 0) is 11.2 Å². The molecule has 0 fully saturated rings. The van der Waals surface area contributed by atoms with Crippen LogP contribution in [-0.4, -0.2) is 26.9 Å². The van der Waals surface area contributed by atoms with Gasteiger partial charge in [0.2, 0.25) is 17.8 Å². The van der Waals surface area contributed by atoms with E-state index < -0.39 is 0 Å². The first-order valence-electron chi connectivity index (χ1n) is 7.46. The molecular formula is C15H20BrN5OS. The minimum Gasteiger partial charge on any atom is -0.351 e. The number of halogens is 1. The third kappa shape index (κ3) is 5.54. The first-order chi connectivity index (χ1) is 11.0. The van der Waals surface area contributed by atoms with Gasteiger partial charge in [0, 0.05) is 22.3 Å². The predicted molar refractivity (Wildman–Crippen MR) is 96.9 cm³/mol. The second kappa shape index (κ2) is 8.35. The molecule has 124 valence electrons. The highest BCUT2D eigenvalue weighted by molar-refractivity contribution is 9.10. The Labute approximate surface area is 148 Å². The van der Waals surface area contributed by atoms with Crippen molar-refractivity contribution in [2.75, 3.05) is 10.6 Å². The minimum absolute atomic E-state index is 0.198. The zero-order valence-electron chi connectivity index (χ0n) is 13.4. The van der Waals surface area contributed by atoms with Crippen LogP contribution in [0.4, 0.5) is 11.9 Å². The van der Waals surface area contributed by atoms with Crippen LogP contribution in [0, 0.1) is 6.92 Å². The summed E-state index contributed by atoms with van der Waals surface area (Å²) in [7, 11) is 0. The maximum Gasteiger partial charge on any atom is 0.234 e. The minimum atomic E-state index is -0.198. The van der Waals surface area contributed by atoms with Crippen molar-refractivity contribution in [2.45, 2.75) is 46.1 Å². The van der Waals surface area contributed by atoms with Crippen molar-refractivity contribution in [3.63, 3.8) is 0 Å². The summed E-state index contributed by atoms with van der Waals surface area (Å²) in [5, 5.41) is 8.02. The van der Waals surface area contributed by atoms with Crippen LogP contribution in [0.25, 0.3) is 0 Å². The van der Waals surface area contributed by atoms with Crippen LogP contribution in [0.15, 0.2) is 15.9 Å². The fourth-order valence-corrected chi connectivity index (χ4v) is 3.70. The number of amides is 1. The molecular weight excluding hydrogens is 378 g/mol. The number of hydrogen-bond donors (Lipinski definition) is 2. The van der Waals surface area contributed by atoms with E-state index in [4.69, 9.17) is 0 Å². The van der Waals surface area contributed by atoms with Crippen LogP contribution < -0.4 is 10.6 Å². The summed E-state index contributed by atoms with van der Waals surface area (Å²) in [5.41, 5.74) is 0. The molecule has 0 radical (unpaired) electrons. The average molecular weight is 398 g/mol. The van der Waals surface area contributed by atoms with Gasteiger partial charge in [0.1, 0.15) is 5.82 Å². The van der Waals surface area contributed by atoms with Crippen molar-refractivity contribution >= 4 is 45.1 Å². The molecule has 2 aromatic heterocycles. The molecule has 8 heteroatoms. The molecule has 0 spiro atoms. The normalized spacial score (nSPS) is 12.0. The van der Waals surface area contributed by atoms with E-state index in [0.29, 0.717) is 11.8 Å². The summed E-state index contributed by atoms with van der Waals surface area (Å²) in [4.78, 5) is 25.1. The number of thiophene rings is 1. The van der Waals surface area contributed by atoms with E-state index in [1.807, 2.05) is 0 Å². The summed E-state index contributed by atoms with van der Waals surface area (Å²) in [6.45, 7) is 5.34. The zero-order valence-corrected chi connectivity index (χ0v) is 15.8. The lowest BCUT2D eigenvalue weighted by Crippen LogP contribution is -2.22. The van der Waals surface area contributed by atoms with Gasteiger partial charge in [-0.15, -0.1) is 11.3 Å². The van der Waals surface area contributed by atoms with Gasteiger partial charge in [-0.1, -0.05) is 6.92 Å². The SMILES string of the molecule is CCC(CCc1sccc1Br)Nc1nc(C)nc(NC(C)=O)n1. The lowest BCUT2D eigenvalue weighted by atomic mass is 10.1. The first kappa shape index (κ1) is 17.8. The van der Waals surface area contributed by atoms with Crippen molar-refractivity contribution in [1.82, 2.24) is 15.0 Å². The van der Waals surface area contributed by atoms with E-state index in [1.165, 1.54) is 16.3 Å². The van der Waals surface area contributed by atoms with Crippen LogP contribution in [0.3, 0.4) is 0 Å². The number of anilines is 2. The predicted octanol–water partition coefficient (Wildman–Crippen LogP) is 3.79. The molecule has 1 atom stereocenters. The highest BCUT2D eigenvalue weighted by atomic mass is 79.9. The molecule has 6 nitrogen and oxygen atoms in total. The number of carbonyl (C=O) groups excluding carboxylic acids is 1. The maximum absolute atomic E-state index is 11.1. The maximum atomic E-state index is 11.1. The van der Waals surface area contributed by atoms with Gasteiger partial charge in [-0.05, 0) is 53.6 Å². The Hall–Kier alpha value is -1.54. The second-order valence-corrected chi connectivity index (χ2v) is 7.05. The van der Waals surface area contributed by atoms with Gasteiger partial charge in [-0.25, -0.2) is 0 Å². The number of carbonyl (C=O) groups is 1. The second-order valence-electron chi connectivity index (χ2n) is 5.19. The Kier molecular flexibility index (Phi) is 6.47. The zero-order chi connectivity index (χ0) is 16.8. The van der Waals surface area contributed by atoms with Gasteiger partial charge in [0.15, 0.2) is 0 Å². The molecule has 1 unspecified atom stereocenters. The van der Waals surface area contributed by atoms with Gasteiger partial charge < -0.3 is 5.32 Å². The fraction of sp³-hybridized carbons (Fsp3) is 0.467. The van der Waals surface area contributed by atoms with E-state index in [9.17, 15) is 4.79 Å². The molecule has 0 saturated heterocycles. The lowest BCUT2D eigenvalue weighted by Gasteiger charge is -2.17. The number of nitrogens with zero attached hydrogens (tertiary/aromatic N) is 3. The molecule has 2 N–H and O–H groups in total. The molecule has 0 saturated carbocycles. The Morgan fingerprint density at radius 3 is 2.70 bits per heavy atom. The molecule has 0 aliphatic rings. The summed E-state index contributed by atoms with van der Waals surface area (Å²) in [6, 6.07) is 2.33. The van der Waals surface area contributed by atoms with Gasteiger partial charge >= 0.3 is 0 Å². The first-order valence-corrected chi connectivity index (χ1v) is 9.14. The molecule has 1 amide bonds. The van der Waals surface area contributed by atoms with Gasteiger partial charge in [0.05, 0.1) is 0 Å². The molecule has 23 heavy (non-hydrogen) atoms. The average Bonchev–Trinajstić information content (AvgIpc) is 2.87. The van der Waals surface area contributed by atoms with Crippen molar-refractivity contribution in [1.29, 1.82) is 0 Å². The van der Waals surface area contributed by atoms with Crippen LogP contribution in [0.5, 0.6) is 0 Å². The Bertz CT molecular complexity index is 676. The Morgan fingerprint density at radius 1 is 1.35 bits per heavy atom. The summed E-state index contributed by atoms with van der Waals surface area (Å²) in [5.74, 6) is 1.15. The smallest absolute Gasteiger partial charge is 0.234 e. The van der Waals surface area contributed by atoms with Gasteiger partial charge in [-0.2, -0.15) is 15.0 Å². The molecule has 2 aromatic rings. The molecule has 0 aliphatic heterocycles. The van der Waals surface area contributed by atoms with E-state index in [0.717, 1.165) is 19.3 Å². The van der Waals surface area contributed by atoms with Crippen molar-refractivity contribution in [2.24, 2.45) is 0 Å². The van der Waals surface area contributed by atoms with E-state index >= 15 is 0 Å². The topological polar surface area (TPSA) is 79.8 Å². The molecule has 0 bridgehead atoms. The van der Waals surface area contributed by atoms with Crippen LogP contribution in [0.2, 0.25) is 0 Å². The molecule has 0 aliphatic carbocycles. The Balaban J connectivity index is 2.01. The largest absolute Gasteiger partial charge is 0.351 e. The number of aryl methyl sites for hydroxylation is 2. The van der Waals surface area contributed by atoms with Crippen LogP contribution >= 0.6 is 27.3 Å². The van der Waals surface area contributed by atoms with Gasteiger partial charge in [0.25, 0.3) is 0 Å². The third-order valence-electron chi connectivity index (χ3n) is 3.27. The summed E-state index contributed by atoms with van der Waals surface area (Å²) in [6.07, 6.45) is 2.94. The van der Waals surface area contributed by atoms with Crippen LogP contribution in [0.1, 0.15) is 37.4 Å². The molecule has 2 rings (SSSR count). The number of nitrogens with one attached hydrogen (secondary N) is 2. The summed E-state index contributed by atoms with van der Waals surface area (Å²) >= 11 is 5.32. The number of aromatic nitrogens is 3. The van der Waals surface area contributed by atoms with E-state index in [2.05, 4.69) is 59.9 Å². The quantitative estimate of drug-likeness (QED) is 0.742. The van der Waals surface area contributed by atoms with Crippen molar-refractivity contribution in [3.05, 3.63) is 26.6 Å². The van der Waals surface area contributed by atoms with E-state index in [1.54, 1.807) is 18.3 Å². The highest BCUT2D eigenvalue weighted by Crippen LogP contribution is 2.25. The van der Waals surface area contributed by atoms with Crippen molar-refractivity contribution < 1.29 is 4.79 Å². The van der Waals surface area contributed by atoms with Crippen molar-refractivity contribution in [3.8, 4) is 0 Å². The number of rotatable bonds is 7. The fourth-order valence-electron chi connectivity index (χ4n) is 2.13. The van der Waals surface area contributed by atoms with Gasteiger partial charge in [-0.3, -0.25) is 10.1 Å². The molecule has 0 aromatic carbocycles. The summed E-state index contributed by atoms with van der Waals surface area (Å²) < 4.78 is 1.17.